The summed E-state index contributed by atoms with van der Waals surface area (Å²) in [6.07, 6.45) is 1.65. The zero-order chi connectivity index (χ0) is 9.42. The van der Waals surface area contributed by atoms with Crippen molar-refractivity contribution in [2.24, 2.45) is 0 Å². The van der Waals surface area contributed by atoms with Crippen LogP contribution < -0.4 is 5.73 Å². The van der Waals surface area contributed by atoms with E-state index in [1.165, 1.54) is 16.6 Å². The lowest BCUT2D eigenvalue weighted by atomic mass is 10.2. The van der Waals surface area contributed by atoms with E-state index in [-0.39, 0.29) is 5.56 Å². The van der Waals surface area contributed by atoms with Gasteiger partial charge in [-0.15, -0.1) is 0 Å². The SMILES string of the molecule is Nc1cc2c(C(=O)O)cccn2n1. The summed E-state index contributed by atoms with van der Waals surface area (Å²) in [6.45, 7) is 0. The highest BCUT2D eigenvalue weighted by Gasteiger charge is 2.09. The van der Waals surface area contributed by atoms with Crippen LogP contribution in [0.15, 0.2) is 24.4 Å². The van der Waals surface area contributed by atoms with Crippen LogP contribution in [-0.2, 0) is 0 Å². The first-order chi connectivity index (χ1) is 6.18. The fourth-order valence-corrected chi connectivity index (χ4v) is 1.22. The van der Waals surface area contributed by atoms with Gasteiger partial charge in [0.2, 0.25) is 0 Å². The van der Waals surface area contributed by atoms with Gasteiger partial charge in [0, 0.05) is 12.3 Å². The first-order valence-corrected chi connectivity index (χ1v) is 3.65. The molecule has 5 heteroatoms. The molecule has 0 bridgehead atoms. The quantitative estimate of drug-likeness (QED) is 0.668. The van der Waals surface area contributed by atoms with E-state index in [9.17, 15) is 4.79 Å². The van der Waals surface area contributed by atoms with Crippen molar-refractivity contribution in [1.29, 1.82) is 0 Å². The Balaban J connectivity index is 2.82. The molecule has 3 N–H and O–H groups in total. The molecule has 0 radical (unpaired) electrons. The van der Waals surface area contributed by atoms with Gasteiger partial charge in [-0.3, -0.25) is 0 Å². The van der Waals surface area contributed by atoms with E-state index in [2.05, 4.69) is 5.10 Å². The number of hydrogen-bond donors (Lipinski definition) is 2. The van der Waals surface area contributed by atoms with Crippen LogP contribution >= 0.6 is 0 Å². The van der Waals surface area contributed by atoms with Crippen molar-refractivity contribution in [3.05, 3.63) is 30.0 Å². The predicted molar refractivity (Wildman–Crippen MR) is 46.6 cm³/mol. The Morgan fingerprint density at radius 3 is 3.08 bits per heavy atom. The molecule has 0 atom stereocenters. The Labute approximate surface area is 73.4 Å². The molecule has 66 valence electrons. The Bertz CT molecular complexity index is 475. The molecule has 0 aliphatic carbocycles. The molecule has 2 heterocycles. The molecule has 0 amide bonds. The summed E-state index contributed by atoms with van der Waals surface area (Å²) < 4.78 is 1.44. The van der Waals surface area contributed by atoms with Crippen LogP contribution in [-0.4, -0.2) is 20.7 Å². The summed E-state index contributed by atoms with van der Waals surface area (Å²) in [5.41, 5.74) is 6.14. The van der Waals surface area contributed by atoms with Crippen molar-refractivity contribution in [2.75, 3.05) is 5.73 Å². The summed E-state index contributed by atoms with van der Waals surface area (Å²) in [5.74, 6) is -0.667. The number of fused-ring (bicyclic) bond motifs is 1. The molecule has 0 spiro atoms. The van der Waals surface area contributed by atoms with E-state index in [4.69, 9.17) is 10.8 Å². The third-order valence-corrected chi connectivity index (χ3v) is 1.75. The zero-order valence-electron chi connectivity index (χ0n) is 6.64. The van der Waals surface area contributed by atoms with Crippen LogP contribution in [0.5, 0.6) is 0 Å². The van der Waals surface area contributed by atoms with Gasteiger partial charge < -0.3 is 10.8 Å². The van der Waals surface area contributed by atoms with Gasteiger partial charge in [0.15, 0.2) is 0 Å². The molecule has 5 nitrogen and oxygen atoms in total. The fraction of sp³-hybridized carbons (Fsp3) is 0. The molecule has 0 aliphatic rings. The molecule has 2 aromatic heterocycles. The number of rotatable bonds is 1. The lowest BCUT2D eigenvalue weighted by Gasteiger charge is -1.96. The van der Waals surface area contributed by atoms with Gasteiger partial charge in [0.05, 0.1) is 11.1 Å². The first kappa shape index (κ1) is 7.60. The molecule has 0 saturated heterocycles. The molecule has 0 unspecified atom stereocenters. The van der Waals surface area contributed by atoms with Crippen molar-refractivity contribution < 1.29 is 9.90 Å². The van der Waals surface area contributed by atoms with Crippen LogP contribution in [0.3, 0.4) is 0 Å². The minimum absolute atomic E-state index is 0.201. The maximum atomic E-state index is 10.7. The monoisotopic (exact) mass is 177 g/mol. The minimum Gasteiger partial charge on any atom is -0.478 e. The highest BCUT2D eigenvalue weighted by Crippen LogP contribution is 2.13. The summed E-state index contributed by atoms with van der Waals surface area (Å²) in [7, 11) is 0. The average molecular weight is 177 g/mol. The maximum Gasteiger partial charge on any atom is 0.337 e. The highest BCUT2D eigenvalue weighted by atomic mass is 16.4. The summed E-state index contributed by atoms with van der Waals surface area (Å²) >= 11 is 0. The number of nitrogens with zero attached hydrogens (tertiary/aromatic N) is 2. The third-order valence-electron chi connectivity index (χ3n) is 1.75. The van der Waals surface area contributed by atoms with Gasteiger partial charge in [-0.2, -0.15) is 5.10 Å². The summed E-state index contributed by atoms with van der Waals surface area (Å²) in [5, 5.41) is 12.7. The maximum absolute atomic E-state index is 10.7. The molecular formula is C8H7N3O2. The second kappa shape index (κ2) is 2.48. The van der Waals surface area contributed by atoms with Crippen molar-refractivity contribution in [1.82, 2.24) is 9.61 Å². The zero-order valence-corrected chi connectivity index (χ0v) is 6.64. The Kier molecular flexibility index (Phi) is 1.45. The number of pyridine rings is 1. The topological polar surface area (TPSA) is 80.6 Å². The minimum atomic E-state index is -0.981. The smallest absolute Gasteiger partial charge is 0.337 e. The van der Waals surface area contributed by atoms with Gasteiger partial charge >= 0.3 is 5.97 Å². The molecule has 0 fully saturated rings. The number of nitrogen functional groups attached to an aromatic ring is 1. The molecule has 2 aromatic rings. The van der Waals surface area contributed by atoms with Crippen molar-refractivity contribution >= 4 is 17.3 Å². The number of anilines is 1. The molecule has 13 heavy (non-hydrogen) atoms. The van der Waals surface area contributed by atoms with Crippen LogP contribution in [0, 0.1) is 0 Å². The van der Waals surface area contributed by atoms with Gasteiger partial charge in [-0.1, -0.05) is 0 Å². The van der Waals surface area contributed by atoms with Crippen molar-refractivity contribution in [3.8, 4) is 0 Å². The molecule has 2 rings (SSSR count). The van der Waals surface area contributed by atoms with Gasteiger partial charge in [-0.25, -0.2) is 9.31 Å². The molecule has 0 aromatic carbocycles. The number of carboxylic acids is 1. The number of aromatic nitrogens is 2. The average Bonchev–Trinajstić information content (AvgIpc) is 2.43. The Morgan fingerprint density at radius 2 is 2.38 bits per heavy atom. The molecular weight excluding hydrogens is 170 g/mol. The summed E-state index contributed by atoms with van der Waals surface area (Å²) in [4.78, 5) is 10.7. The van der Waals surface area contributed by atoms with E-state index in [0.29, 0.717) is 11.3 Å². The predicted octanol–water partition coefficient (Wildman–Crippen LogP) is 0.615. The van der Waals surface area contributed by atoms with Gasteiger partial charge in [-0.05, 0) is 12.1 Å². The fourth-order valence-electron chi connectivity index (χ4n) is 1.22. The van der Waals surface area contributed by atoms with E-state index in [1.807, 2.05) is 0 Å². The molecule has 0 aliphatic heterocycles. The Hall–Kier alpha value is -2.04. The van der Waals surface area contributed by atoms with E-state index in [0.717, 1.165) is 0 Å². The van der Waals surface area contributed by atoms with E-state index in [1.54, 1.807) is 12.3 Å². The first-order valence-electron chi connectivity index (χ1n) is 3.65. The second-order valence-electron chi connectivity index (χ2n) is 2.63. The normalized spacial score (nSPS) is 10.5. The van der Waals surface area contributed by atoms with Crippen molar-refractivity contribution in [2.45, 2.75) is 0 Å². The van der Waals surface area contributed by atoms with E-state index >= 15 is 0 Å². The number of carbonyl (C=O) groups is 1. The third kappa shape index (κ3) is 1.10. The van der Waals surface area contributed by atoms with Crippen LogP contribution in [0.25, 0.3) is 5.52 Å². The van der Waals surface area contributed by atoms with Crippen LogP contribution in [0.4, 0.5) is 5.82 Å². The number of hydrogen-bond acceptors (Lipinski definition) is 3. The standard InChI is InChI=1S/C8H7N3O2/c9-7-4-6-5(8(12)13)2-1-3-11(6)10-7/h1-4H,(H2,9,10)(H,12,13). The van der Waals surface area contributed by atoms with Gasteiger partial charge in [0.1, 0.15) is 5.82 Å². The van der Waals surface area contributed by atoms with Gasteiger partial charge in [0.25, 0.3) is 0 Å². The largest absolute Gasteiger partial charge is 0.478 e. The van der Waals surface area contributed by atoms with E-state index < -0.39 is 5.97 Å². The lowest BCUT2D eigenvalue weighted by Crippen LogP contribution is -1.99. The Morgan fingerprint density at radius 1 is 1.62 bits per heavy atom. The van der Waals surface area contributed by atoms with Crippen LogP contribution in [0.2, 0.25) is 0 Å². The molecule has 0 saturated carbocycles. The summed E-state index contributed by atoms with van der Waals surface area (Å²) in [6, 6.07) is 4.66. The van der Waals surface area contributed by atoms with Crippen LogP contribution in [0.1, 0.15) is 10.4 Å². The lowest BCUT2D eigenvalue weighted by molar-refractivity contribution is 0.0698. The number of aromatic carboxylic acids is 1. The second-order valence-corrected chi connectivity index (χ2v) is 2.63. The number of carboxylic acid groups (broad SMARTS) is 1. The number of nitrogens with two attached hydrogens (primary N) is 1. The van der Waals surface area contributed by atoms with Crippen molar-refractivity contribution in [3.63, 3.8) is 0 Å². The highest BCUT2D eigenvalue weighted by molar-refractivity contribution is 5.95.